The van der Waals surface area contributed by atoms with Crippen LogP contribution in [0.3, 0.4) is 0 Å². The van der Waals surface area contributed by atoms with E-state index >= 15 is 0 Å². The van der Waals surface area contributed by atoms with Crippen molar-refractivity contribution in [3.63, 3.8) is 0 Å². The highest BCUT2D eigenvalue weighted by Crippen LogP contribution is 2.09. The molecule has 0 aromatic carbocycles. The Morgan fingerprint density at radius 3 is 3.00 bits per heavy atom. The first-order chi connectivity index (χ1) is 5.83. The molecule has 12 heavy (non-hydrogen) atoms. The largest absolute Gasteiger partial charge is 0.363 e. The van der Waals surface area contributed by atoms with Crippen LogP contribution in [0.1, 0.15) is 12.5 Å². The molecular weight excluding hydrogens is 172 g/mol. The monoisotopic (exact) mass is 184 g/mol. The summed E-state index contributed by atoms with van der Waals surface area (Å²) in [4.78, 5) is 0. The number of thioether (sulfide) groups is 1. The van der Waals surface area contributed by atoms with Gasteiger partial charge in [-0.1, -0.05) is 0 Å². The fourth-order valence-electron chi connectivity index (χ4n) is 0.685. The third-order valence-corrected chi connectivity index (χ3v) is 2.26. The summed E-state index contributed by atoms with van der Waals surface area (Å²) in [5, 5.41) is 7.43. The van der Waals surface area contributed by atoms with Crippen molar-refractivity contribution in [3.8, 4) is 0 Å². The minimum atomic E-state index is 0.234. The Labute approximate surface area is 76.5 Å². The highest BCUT2D eigenvalue weighted by Gasteiger charge is 1.98. The summed E-state index contributed by atoms with van der Waals surface area (Å²) in [7, 11) is 0. The van der Waals surface area contributed by atoms with Crippen LogP contribution >= 0.6 is 11.8 Å². The molecule has 4 heteroatoms. The predicted octanol–water partition coefficient (Wildman–Crippen LogP) is 1.70. The Bertz CT molecular complexity index is 218. The second-order valence-corrected chi connectivity index (χ2v) is 3.50. The first-order valence-corrected chi connectivity index (χ1v) is 5.01. The van der Waals surface area contributed by atoms with Crippen LogP contribution < -0.4 is 0 Å². The van der Waals surface area contributed by atoms with Gasteiger partial charge < -0.3 is 4.74 Å². The Hall–Kier alpha value is -0.610. The van der Waals surface area contributed by atoms with Gasteiger partial charge in [0.1, 0.15) is 5.44 Å². The average molecular weight is 184 g/mol. The molecular formula is C8H12N2OS. The van der Waals surface area contributed by atoms with Gasteiger partial charge >= 0.3 is 0 Å². The van der Waals surface area contributed by atoms with Crippen LogP contribution in [0.4, 0.5) is 0 Å². The topological polar surface area (TPSA) is 35.0 Å². The minimum absolute atomic E-state index is 0.234. The van der Waals surface area contributed by atoms with Gasteiger partial charge in [-0.05, 0) is 24.8 Å². The van der Waals surface area contributed by atoms with E-state index in [4.69, 9.17) is 4.74 Å². The van der Waals surface area contributed by atoms with E-state index in [9.17, 15) is 0 Å². The van der Waals surface area contributed by atoms with Gasteiger partial charge in [-0.15, -0.1) is 11.8 Å². The smallest absolute Gasteiger partial charge is 0.100 e. The van der Waals surface area contributed by atoms with Crippen LogP contribution in [0, 0.1) is 0 Å². The van der Waals surface area contributed by atoms with Gasteiger partial charge in [0, 0.05) is 6.20 Å². The van der Waals surface area contributed by atoms with Crippen LogP contribution in [0.5, 0.6) is 0 Å². The summed E-state index contributed by atoms with van der Waals surface area (Å²) in [6, 6.07) is 1.90. The molecule has 1 unspecified atom stereocenters. The maximum Gasteiger partial charge on any atom is 0.100 e. The standard InChI is InChI=1S/C8H12N2OS/c1-7(12-2)11-6-8-3-4-9-10-5-8/h3-5,7H,6H2,1-2H3. The fraction of sp³-hybridized carbons (Fsp3) is 0.500. The van der Waals surface area contributed by atoms with E-state index in [0.717, 1.165) is 5.56 Å². The molecule has 0 saturated carbocycles. The second-order valence-electron chi connectivity index (χ2n) is 2.37. The van der Waals surface area contributed by atoms with Crippen LogP contribution in [0.2, 0.25) is 0 Å². The van der Waals surface area contributed by atoms with Crippen molar-refractivity contribution in [3.05, 3.63) is 24.0 Å². The minimum Gasteiger partial charge on any atom is -0.363 e. The summed E-state index contributed by atoms with van der Waals surface area (Å²) in [5.74, 6) is 0. The molecule has 1 heterocycles. The van der Waals surface area contributed by atoms with E-state index in [1.165, 1.54) is 0 Å². The molecule has 0 saturated heterocycles. The fourth-order valence-corrected chi connectivity index (χ4v) is 0.889. The molecule has 66 valence electrons. The third-order valence-electron chi connectivity index (χ3n) is 1.46. The molecule has 0 spiro atoms. The van der Waals surface area contributed by atoms with Crippen molar-refractivity contribution in [1.29, 1.82) is 0 Å². The van der Waals surface area contributed by atoms with Gasteiger partial charge in [0.2, 0.25) is 0 Å². The third kappa shape index (κ3) is 3.19. The van der Waals surface area contributed by atoms with Gasteiger partial charge in [0.15, 0.2) is 0 Å². The molecule has 0 fully saturated rings. The van der Waals surface area contributed by atoms with Crippen molar-refractivity contribution in [1.82, 2.24) is 10.2 Å². The normalized spacial score (nSPS) is 12.8. The Kier molecular flexibility index (Phi) is 4.04. The Balaban J connectivity index is 2.33. The predicted molar refractivity (Wildman–Crippen MR) is 49.8 cm³/mol. The van der Waals surface area contributed by atoms with Crippen molar-refractivity contribution in [2.75, 3.05) is 6.26 Å². The lowest BCUT2D eigenvalue weighted by Gasteiger charge is -2.08. The van der Waals surface area contributed by atoms with Gasteiger partial charge in [-0.3, -0.25) is 0 Å². The number of aromatic nitrogens is 2. The van der Waals surface area contributed by atoms with Crippen molar-refractivity contribution in [2.45, 2.75) is 19.0 Å². The Morgan fingerprint density at radius 2 is 2.42 bits per heavy atom. The zero-order valence-corrected chi connectivity index (χ0v) is 8.04. The summed E-state index contributed by atoms with van der Waals surface area (Å²) in [6.07, 6.45) is 5.41. The van der Waals surface area contributed by atoms with Gasteiger partial charge in [-0.25, -0.2) is 0 Å². The number of hydrogen-bond donors (Lipinski definition) is 0. The van der Waals surface area contributed by atoms with E-state index in [1.54, 1.807) is 24.2 Å². The molecule has 0 aliphatic carbocycles. The number of ether oxygens (including phenoxy) is 1. The highest BCUT2D eigenvalue weighted by atomic mass is 32.2. The molecule has 1 aromatic rings. The molecule has 0 aliphatic rings. The number of hydrogen-bond acceptors (Lipinski definition) is 4. The van der Waals surface area contributed by atoms with Gasteiger partial charge in [0.25, 0.3) is 0 Å². The molecule has 3 nitrogen and oxygen atoms in total. The summed E-state index contributed by atoms with van der Waals surface area (Å²) in [6.45, 7) is 2.64. The molecule has 0 aliphatic heterocycles. The molecule has 1 rings (SSSR count). The Morgan fingerprint density at radius 1 is 1.58 bits per heavy atom. The molecule has 0 N–H and O–H groups in total. The SMILES string of the molecule is CSC(C)OCc1ccnnc1. The molecule has 0 amide bonds. The number of nitrogens with zero attached hydrogens (tertiary/aromatic N) is 2. The average Bonchev–Trinajstić information content (AvgIpc) is 2.16. The lowest BCUT2D eigenvalue weighted by atomic mass is 10.3. The van der Waals surface area contributed by atoms with E-state index in [-0.39, 0.29) is 5.44 Å². The maximum absolute atomic E-state index is 5.47. The lowest BCUT2D eigenvalue weighted by Crippen LogP contribution is -2.02. The molecule has 0 bridgehead atoms. The maximum atomic E-state index is 5.47. The van der Waals surface area contributed by atoms with E-state index in [1.807, 2.05) is 19.2 Å². The molecule has 0 radical (unpaired) electrons. The second kappa shape index (κ2) is 5.11. The van der Waals surface area contributed by atoms with Crippen molar-refractivity contribution >= 4 is 11.8 Å². The quantitative estimate of drug-likeness (QED) is 0.667. The van der Waals surface area contributed by atoms with Crippen LogP contribution in [-0.2, 0) is 11.3 Å². The zero-order valence-electron chi connectivity index (χ0n) is 7.23. The summed E-state index contributed by atoms with van der Waals surface area (Å²) >= 11 is 1.69. The van der Waals surface area contributed by atoms with Crippen LogP contribution in [-0.4, -0.2) is 21.9 Å². The lowest BCUT2D eigenvalue weighted by molar-refractivity contribution is 0.110. The summed E-state index contributed by atoms with van der Waals surface area (Å²) < 4.78 is 5.47. The highest BCUT2D eigenvalue weighted by molar-refractivity contribution is 7.99. The van der Waals surface area contributed by atoms with Crippen LogP contribution in [0.25, 0.3) is 0 Å². The van der Waals surface area contributed by atoms with Crippen molar-refractivity contribution in [2.24, 2.45) is 0 Å². The first-order valence-electron chi connectivity index (χ1n) is 3.73. The van der Waals surface area contributed by atoms with E-state index in [0.29, 0.717) is 6.61 Å². The van der Waals surface area contributed by atoms with Crippen molar-refractivity contribution < 1.29 is 4.74 Å². The summed E-state index contributed by atoms with van der Waals surface area (Å²) in [5.41, 5.74) is 1.30. The van der Waals surface area contributed by atoms with Gasteiger partial charge in [-0.2, -0.15) is 10.2 Å². The van der Waals surface area contributed by atoms with Crippen LogP contribution in [0.15, 0.2) is 18.5 Å². The number of rotatable bonds is 4. The molecule has 1 atom stereocenters. The zero-order chi connectivity index (χ0) is 8.81. The van der Waals surface area contributed by atoms with E-state index < -0.39 is 0 Å². The molecule has 1 aromatic heterocycles. The first kappa shape index (κ1) is 9.48. The van der Waals surface area contributed by atoms with E-state index in [2.05, 4.69) is 10.2 Å². The van der Waals surface area contributed by atoms with Gasteiger partial charge in [0.05, 0.1) is 12.8 Å².